The lowest BCUT2D eigenvalue weighted by Gasteiger charge is -2.15. The minimum absolute atomic E-state index is 0.00309. The number of aromatic carboxylic acids is 1. The number of carbonyl (C=O) groups is 1. The molecule has 0 radical (unpaired) electrons. The first-order valence-corrected chi connectivity index (χ1v) is 7.67. The molecule has 1 rings (SSSR count). The molecule has 0 spiro atoms. The molecule has 114 valence electrons. The molecule has 1 heterocycles. The zero-order valence-electron chi connectivity index (χ0n) is 11.9. The van der Waals surface area contributed by atoms with E-state index < -0.39 is 16.0 Å². The fraction of sp³-hybridized carbons (Fsp3) is 0.583. The first-order chi connectivity index (χ1) is 9.34. The van der Waals surface area contributed by atoms with Gasteiger partial charge in [-0.25, -0.2) is 17.5 Å². The Morgan fingerprint density at radius 2 is 2.15 bits per heavy atom. The maximum Gasteiger partial charge on any atom is 0.352 e. The lowest BCUT2D eigenvalue weighted by atomic mass is 10.4. The van der Waals surface area contributed by atoms with Crippen LogP contribution in [0.15, 0.2) is 17.2 Å². The number of methoxy groups -OCH3 is 1. The largest absolute Gasteiger partial charge is 0.477 e. The van der Waals surface area contributed by atoms with E-state index in [-0.39, 0.29) is 10.6 Å². The topological polar surface area (TPSA) is 88.8 Å². The number of hydrogen-bond donors (Lipinski definition) is 1. The van der Waals surface area contributed by atoms with Crippen molar-refractivity contribution in [1.82, 2.24) is 8.87 Å². The van der Waals surface area contributed by atoms with Gasteiger partial charge in [-0.05, 0) is 19.4 Å². The minimum Gasteiger partial charge on any atom is -0.477 e. The summed E-state index contributed by atoms with van der Waals surface area (Å²) in [6, 6.07) is 1.19. The molecule has 0 saturated heterocycles. The van der Waals surface area contributed by atoms with Gasteiger partial charge in [0.05, 0.1) is 0 Å². The number of carboxylic acids is 1. The molecule has 1 N–H and O–H groups in total. The quantitative estimate of drug-likeness (QED) is 0.720. The van der Waals surface area contributed by atoms with Gasteiger partial charge in [0.2, 0.25) is 10.0 Å². The van der Waals surface area contributed by atoms with Gasteiger partial charge in [-0.3, -0.25) is 0 Å². The Labute approximate surface area is 118 Å². The maximum atomic E-state index is 12.3. The third kappa shape index (κ3) is 3.59. The third-order valence-electron chi connectivity index (χ3n) is 2.96. The average Bonchev–Trinajstić information content (AvgIpc) is 2.83. The van der Waals surface area contributed by atoms with Crippen molar-refractivity contribution in [3.05, 3.63) is 18.0 Å². The Morgan fingerprint density at radius 3 is 2.60 bits per heavy atom. The van der Waals surface area contributed by atoms with Gasteiger partial charge < -0.3 is 14.4 Å². The molecule has 1 aromatic rings. The molecule has 0 aliphatic carbocycles. The first kappa shape index (κ1) is 16.7. The summed E-state index contributed by atoms with van der Waals surface area (Å²) in [5.74, 6) is -1.14. The molecule has 0 fully saturated rings. The molecule has 8 heteroatoms. The van der Waals surface area contributed by atoms with Gasteiger partial charge in [0.15, 0.2) is 0 Å². The Kier molecular flexibility index (Phi) is 5.73. The number of ether oxygens (including phenoxy) is 1. The van der Waals surface area contributed by atoms with Gasteiger partial charge in [0, 0.05) is 40.1 Å². The zero-order chi connectivity index (χ0) is 15.3. The number of rotatable bonds is 8. The molecular weight excluding hydrogens is 284 g/mol. The van der Waals surface area contributed by atoms with E-state index in [0.717, 1.165) is 0 Å². The van der Waals surface area contributed by atoms with E-state index in [2.05, 4.69) is 0 Å². The normalized spacial score (nSPS) is 12.0. The minimum atomic E-state index is -3.67. The summed E-state index contributed by atoms with van der Waals surface area (Å²) in [7, 11) is -0.654. The van der Waals surface area contributed by atoms with Crippen LogP contribution in [-0.4, -0.2) is 55.7 Å². The van der Waals surface area contributed by atoms with Crippen LogP contribution < -0.4 is 0 Å². The summed E-state index contributed by atoms with van der Waals surface area (Å²) < 4.78 is 32.1. The third-order valence-corrected chi connectivity index (χ3v) is 4.78. The number of carboxylic acid groups (broad SMARTS) is 1. The molecule has 7 nitrogen and oxygen atoms in total. The van der Waals surface area contributed by atoms with Crippen molar-refractivity contribution in [2.24, 2.45) is 0 Å². The van der Waals surface area contributed by atoms with Crippen LogP contribution in [0.3, 0.4) is 0 Å². The number of hydrogen-bond acceptors (Lipinski definition) is 4. The molecule has 0 amide bonds. The molecule has 0 unspecified atom stereocenters. The van der Waals surface area contributed by atoms with Crippen molar-refractivity contribution in [2.45, 2.75) is 24.8 Å². The highest BCUT2D eigenvalue weighted by molar-refractivity contribution is 7.89. The van der Waals surface area contributed by atoms with Crippen LogP contribution in [0.2, 0.25) is 0 Å². The standard InChI is InChI=1S/C12H20N2O5S/c1-4-14-9-10(8-11(14)12(15)16)20(17,18)13(2)6-5-7-19-3/h8-9H,4-7H2,1-3H3,(H,15,16). The number of aryl methyl sites for hydroxylation is 1. The summed E-state index contributed by atoms with van der Waals surface area (Å²) in [6.07, 6.45) is 1.93. The Bertz CT molecular complexity index is 564. The monoisotopic (exact) mass is 304 g/mol. The summed E-state index contributed by atoms with van der Waals surface area (Å²) >= 11 is 0. The second-order valence-corrected chi connectivity index (χ2v) is 6.37. The van der Waals surface area contributed by atoms with Crippen molar-refractivity contribution in [3.63, 3.8) is 0 Å². The van der Waals surface area contributed by atoms with E-state index in [1.165, 1.54) is 28.2 Å². The second-order valence-electron chi connectivity index (χ2n) is 4.33. The lowest BCUT2D eigenvalue weighted by Crippen LogP contribution is -2.28. The van der Waals surface area contributed by atoms with E-state index in [1.54, 1.807) is 14.0 Å². The molecule has 0 atom stereocenters. The van der Waals surface area contributed by atoms with Gasteiger partial charge in [-0.2, -0.15) is 0 Å². The summed E-state index contributed by atoms with van der Waals surface area (Å²) in [4.78, 5) is 11.1. The van der Waals surface area contributed by atoms with Gasteiger partial charge in [-0.15, -0.1) is 0 Å². The number of sulfonamides is 1. The van der Waals surface area contributed by atoms with Crippen molar-refractivity contribution in [3.8, 4) is 0 Å². The predicted molar refractivity (Wildman–Crippen MR) is 73.4 cm³/mol. The summed E-state index contributed by atoms with van der Waals surface area (Å²) in [6.45, 7) is 2.93. The van der Waals surface area contributed by atoms with Crippen LogP contribution >= 0.6 is 0 Å². The fourth-order valence-electron chi connectivity index (χ4n) is 1.80. The molecule has 0 aliphatic rings. The fourth-order valence-corrected chi connectivity index (χ4v) is 3.05. The smallest absolute Gasteiger partial charge is 0.352 e. The van der Waals surface area contributed by atoms with E-state index in [1.807, 2.05) is 0 Å². The van der Waals surface area contributed by atoms with E-state index in [0.29, 0.717) is 26.1 Å². The van der Waals surface area contributed by atoms with Crippen LogP contribution in [0.5, 0.6) is 0 Å². The Morgan fingerprint density at radius 1 is 1.50 bits per heavy atom. The highest BCUT2D eigenvalue weighted by atomic mass is 32.2. The van der Waals surface area contributed by atoms with Crippen molar-refractivity contribution < 1.29 is 23.1 Å². The molecule has 20 heavy (non-hydrogen) atoms. The second kappa shape index (κ2) is 6.87. The van der Waals surface area contributed by atoms with Gasteiger partial charge in [-0.1, -0.05) is 0 Å². The Hall–Kier alpha value is -1.38. The van der Waals surface area contributed by atoms with Crippen LogP contribution in [0.4, 0.5) is 0 Å². The molecule has 0 bridgehead atoms. The highest BCUT2D eigenvalue weighted by Crippen LogP contribution is 2.18. The zero-order valence-corrected chi connectivity index (χ0v) is 12.7. The van der Waals surface area contributed by atoms with Crippen molar-refractivity contribution >= 4 is 16.0 Å². The number of aromatic nitrogens is 1. The van der Waals surface area contributed by atoms with Crippen LogP contribution in [-0.2, 0) is 21.3 Å². The summed E-state index contributed by atoms with van der Waals surface area (Å²) in [5, 5.41) is 9.04. The van der Waals surface area contributed by atoms with E-state index in [9.17, 15) is 13.2 Å². The van der Waals surface area contributed by atoms with Gasteiger partial charge >= 0.3 is 5.97 Å². The van der Waals surface area contributed by atoms with E-state index >= 15 is 0 Å². The predicted octanol–water partition coefficient (Wildman–Crippen LogP) is 0.863. The SMILES string of the molecule is CCn1cc(S(=O)(=O)N(C)CCCOC)cc1C(=O)O. The average molecular weight is 304 g/mol. The van der Waals surface area contributed by atoms with Crippen LogP contribution in [0.1, 0.15) is 23.8 Å². The van der Waals surface area contributed by atoms with E-state index in [4.69, 9.17) is 9.84 Å². The molecule has 0 aromatic carbocycles. The maximum absolute atomic E-state index is 12.3. The molecule has 1 aromatic heterocycles. The number of nitrogens with zero attached hydrogens (tertiary/aromatic N) is 2. The highest BCUT2D eigenvalue weighted by Gasteiger charge is 2.24. The van der Waals surface area contributed by atoms with Crippen LogP contribution in [0.25, 0.3) is 0 Å². The molecule has 0 aliphatic heterocycles. The Balaban J connectivity index is 3.00. The lowest BCUT2D eigenvalue weighted by molar-refractivity contribution is 0.0685. The molecular formula is C12H20N2O5S. The van der Waals surface area contributed by atoms with Gasteiger partial charge in [0.1, 0.15) is 10.6 Å². The summed E-state index contributed by atoms with van der Waals surface area (Å²) in [5.41, 5.74) is -0.0311. The van der Waals surface area contributed by atoms with Crippen molar-refractivity contribution in [2.75, 3.05) is 27.3 Å². The van der Waals surface area contributed by atoms with Crippen molar-refractivity contribution in [1.29, 1.82) is 0 Å². The first-order valence-electron chi connectivity index (χ1n) is 6.23. The van der Waals surface area contributed by atoms with Crippen LogP contribution in [0, 0.1) is 0 Å². The van der Waals surface area contributed by atoms with Gasteiger partial charge in [0.25, 0.3) is 0 Å². The molecule has 0 saturated carbocycles.